The van der Waals surface area contributed by atoms with E-state index in [-0.39, 0.29) is 42.5 Å². The number of ether oxygens (including phenoxy) is 1. The van der Waals surface area contributed by atoms with Crippen LogP contribution in [0, 0.1) is 12.7 Å². The van der Waals surface area contributed by atoms with E-state index in [0.717, 1.165) is 29.8 Å². The number of aryl methyl sites for hydroxylation is 1. The maximum Gasteiger partial charge on any atom is 0.416 e. The zero-order valence-electron chi connectivity index (χ0n) is 19.1. The van der Waals surface area contributed by atoms with E-state index in [1.165, 1.54) is 22.5 Å². The summed E-state index contributed by atoms with van der Waals surface area (Å²) in [5, 5.41) is 0. The largest absolute Gasteiger partial charge is 0.454 e. The average Bonchev–Trinajstić information content (AvgIpc) is 3.00. The molecule has 2 aliphatic heterocycles. The third-order valence-corrected chi connectivity index (χ3v) is 8.01. The number of aliphatic imine (C=N–C) groups is 1. The Kier molecular flexibility index (Phi) is 6.00. The van der Waals surface area contributed by atoms with Gasteiger partial charge in [0.15, 0.2) is 5.75 Å². The highest BCUT2D eigenvalue weighted by Gasteiger charge is 2.34. The summed E-state index contributed by atoms with van der Waals surface area (Å²) >= 11 is 0. The fourth-order valence-corrected chi connectivity index (χ4v) is 5.63. The van der Waals surface area contributed by atoms with Crippen LogP contribution in [-0.4, -0.2) is 49.6 Å². The highest BCUT2D eigenvalue weighted by Crippen LogP contribution is 2.42. The second-order valence-corrected chi connectivity index (χ2v) is 10.5. The molecule has 0 N–H and O–H groups in total. The fourth-order valence-electron chi connectivity index (χ4n) is 4.20. The van der Waals surface area contributed by atoms with E-state index in [9.17, 15) is 26.0 Å². The highest BCUT2D eigenvalue weighted by atomic mass is 32.2. The van der Waals surface area contributed by atoms with Crippen molar-refractivity contribution in [3.63, 3.8) is 0 Å². The van der Waals surface area contributed by atoms with Gasteiger partial charge in [0.25, 0.3) is 0 Å². The zero-order valence-corrected chi connectivity index (χ0v) is 19.9. The summed E-state index contributed by atoms with van der Waals surface area (Å²) in [6, 6.07) is 13.2. The van der Waals surface area contributed by atoms with E-state index in [4.69, 9.17) is 4.74 Å². The summed E-state index contributed by atoms with van der Waals surface area (Å²) in [5.41, 5.74) is 0.708. The van der Waals surface area contributed by atoms with Gasteiger partial charge < -0.3 is 9.64 Å². The van der Waals surface area contributed by atoms with Crippen LogP contribution in [0.25, 0.3) is 0 Å². The zero-order chi connectivity index (χ0) is 25.7. The highest BCUT2D eigenvalue weighted by molar-refractivity contribution is 7.89. The van der Waals surface area contributed by atoms with Gasteiger partial charge in [-0.1, -0.05) is 11.6 Å². The van der Waals surface area contributed by atoms with E-state index in [2.05, 4.69) is 4.99 Å². The smallest absolute Gasteiger partial charge is 0.416 e. The first-order valence-corrected chi connectivity index (χ1v) is 12.6. The van der Waals surface area contributed by atoms with Gasteiger partial charge >= 0.3 is 6.18 Å². The van der Waals surface area contributed by atoms with Crippen LogP contribution in [0.4, 0.5) is 23.2 Å². The van der Waals surface area contributed by atoms with Gasteiger partial charge in [0.2, 0.25) is 10.0 Å². The monoisotopic (exact) mass is 519 g/mol. The van der Waals surface area contributed by atoms with E-state index >= 15 is 0 Å². The molecule has 0 radical (unpaired) electrons. The van der Waals surface area contributed by atoms with E-state index in [0.29, 0.717) is 17.1 Å². The molecule has 0 bridgehead atoms. The molecule has 0 aliphatic carbocycles. The van der Waals surface area contributed by atoms with Gasteiger partial charge in [-0.25, -0.2) is 17.8 Å². The molecule has 2 heterocycles. The van der Waals surface area contributed by atoms with E-state index in [1.54, 1.807) is 6.07 Å². The summed E-state index contributed by atoms with van der Waals surface area (Å²) in [4.78, 5) is 6.42. The Morgan fingerprint density at radius 2 is 1.56 bits per heavy atom. The maximum absolute atomic E-state index is 13.4. The number of rotatable bonds is 2. The van der Waals surface area contributed by atoms with Crippen molar-refractivity contribution in [1.82, 2.24) is 9.21 Å². The van der Waals surface area contributed by atoms with Crippen molar-refractivity contribution < 1.29 is 30.7 Å². The van der Waals surface area contributed by atoms with Crippen LogP contribution in [0.3, 0.4) is 0 Å². The number of benzene rings is 3. The number of halogens is 4. The molecule has 36 heavy (non-hydrogen) atoms. The van der Waals surface area contributed by atoms with Crippen LogP contribution < -0.4 is 4.74 Å². The molecule has 3 aromatic carbocycles. The first-order chi connectivity index (χ1) is 17.0. The number of sulfonamides is 1. The van der Waals surface area contributed by atoms with Crippen molar-refractivity contribution in [2.24, 2.45) is 4.99 Å². The first kappa shape index (κ1) is 24.3. The number of fused-ring (bicyclic) bond motifs is 2. The van der Waals surface area contributed by atoms with Gasteiger partial charge in [-0.15, -0.1) is 0 Å². The Labute approximate surface area is 205 Å². The molecule has 0 atom stereocenters. The molecule has 6 nitrogen and oxygen atoms in total. The molecule has 0 unspecified atom stereocenters. The van der Waals surface area contributed by atoms with Crippen LogP contribution in [0.1, 0.15) is 16.7 Å². The SMILES string of the molecule is Cc1ccc2c(c1)C(N1CCN(S(=O)(=O)c3ccc(F)cc3)CC1)=Nc1cc(C(F)(F)F)ccc1O2. The number of hydrogen-bond donors (Lipinski definition) is 0. The van der Waals surface area contributed by atoms with Crippen LogP contribution in [0.15, 0.2) is 70.6 Å². The van der Waals surface area contributed by atoms with Crippen LogP contribution >= 0.6 is 0 Å². The minimum atomic E-state index is -4.54. The predicted octanol–water partition coefficient (Wildman–Crippen LogP) is 5.34. The molecular weight excluding hydrogens is 498 g/mol. The van der Waals surface area contributed by atoms with Crippen molar-refractivity contribution >= 4 is 21.5 Å². The minimum absolute atomic E-state index is 0.00728. The first-order valence-electron chi connectivity index (χ1n) is 11.1. The molecule has 0 amide bonds. The van der Waals surface area contributed by atoms with Gasteiger partial charge in [-0.05, 0) is 61.5 Å². The average molecular weight is 520 g/mol. The molecule has 0 aromatic heterocycles. The van der Waals surface area contributed by atoms with Crippen molar-refractivity contribution in [3.8, 4) is 11.5 Å². The quantitative estimate of drug-likeness (QED) is 0.429. The van der Waals surface area contributed by atoms with Gasteiger partial charge in [-0.2, -0.15) is 17.5 Å². The number of alkyl halides is 3. The number of piperazine rings is 1. The second kappa shape index (κ2) is 8.90. The van der Waals surface area contributed by atoms with Crippen LogP contribution in [-0.2, 0) is 16.2 Å². The summed E-state index contributed by atoms with van der Waals surface area (Å²) in [6.45, 7) is 2.62. The topological polar surface area (TPSA) is 62.2 Å². The normalized spacial score (nSPS) is 16.5. The van der Waals surface area contributed by atoms with Crippen molar-refractivity contribution in [3.05, 3.63) is 83.2 Å². The molecule has 0 spiro atoms. The lowest BCUT2D eigenvalue weighted by Crippen LogP contribution is -2.50. The van der Waals surface area contributed by atoms with Gasteiger partial charge in [0, 0.05) is 26.2 Å². The Morgan fingerprint density at radius 1 is 0.889 bits per heavy atom. The Morgan fingerprint density at radius 3 is 2.22 bits per heavy atom. The lowest BCUT2D eigenvalue weighted by Gasteiger charge is -2.36. The molecule has 3 aromatic rings. The Bertz CT molecular complexity index is 1450. The molecule has 1 fully saturated rings. The Balaban J connectivity index is 1.48. The minimum Gasteiger partial charge on any atom is -0.454 e. The van der Waals surface area contributed by atoms with Crippen molar-refractivity contribution in [1.29, 1.82) is 0 Å². The summed E-state index contributed by atoms with van der Waals surface area (Å²) in [5.74, 6) is 0.515. The molecule has 188 valence electrons. The number of nitrogens with zero attached hydrogens (tertiary/aromatic N) is 3. The molecule has 0 saturated carbocycles. The standard InChI is InChI=1S/C25H21F4N3O3S/c1-16-2-8-22-20(14-16)24(30-21-15-17(25(27,28)29)3-9-23(21)35-22)31-10-12-32(13-11-31)36(33,34)19-6-4-18(26)5-7-19/h2-9,14-15H,10-13H2,1H3. The molecule has 1 saturated heterocycles. The van der Waals surface area contributed by atoms with E-state index in [1.807, 2.05) is 24.0 Å². The van der Waals surface area contributed by atoms with Crippen LogP contribution in [0.5, 0.6) is 11.5 Å². The van der Waals surface area contributed by atoms with E-state index < -0.39 is 27.6 Å². The van der Waals surface area contributed by atoms with Crippen LogP contribution in [0.2, 0.25) is 0 Å². The molecule has 11 heteroatoms. The number of amidine groups is 1. The number of hydrogen-bond acceptors (Lipinski definition) is 5. The third-order valence-electron chi connectivity index (χ3n) is 6.10. The maximum atomic E-state index is 13.4. The second-order valence-electron chi connectivity index (χ2n) is 8.56. The Hall–Kier alpha value is -3.44. The summed E-state index contributed by atoms with van der Waals surface area (Å²) < 4.78 is 86.6. The van der Waals surface area contributed by atoms with Gasteiger partial charge in [0.05, 0.1) is 16.0 Å². The summed E-state index contributed by atoms with van der Waals surface area (Å²) in [6.07, 6.45) is -4.54. The molecule has 2 aliphatic rings. The molecule has 5 rings (SSSR count). The third kappa shape index (κ3) is 4.56. The van der Waals surface area contributed by atoms with Gasteiger partial charge in [0.1, 0.15) is 23.1 Å². The molecular formula is C25H21F4N3O3S. The summed E-state index contributed by atoms with van der Waals surface area (Å²) in [7, 11) is -3.83. The lowest BCUT2D eigenvalue weighted by molar-refractivity contribution is -0.137. The predicted molar refractivity (Wildman–Crippen MR) is 126 cm³/mol. The lowest BCUT2D eigenvalue weighted by atomic mass is 10.1. The van der Waals surface area contributed by atoms with Crippen molar-refractivity contribution in [2.75, 3.05) is 26.2 Å². The fraction of sp³-hybridized carbons (Fsp3) is 0.240. The van der Waals surface area contributed by atoms with Crippen molar-refractivity contribution in [2.45, 2.75) is 18.0 Å². The van der Waals surface area contributed by atoms with Gasteiger partial charge in [-0.3, -0.25) is 0 Å².